The third kappa shape index (κ3) is 4.40. The first-order valence-electron chi connectivity index (χ1n) is 7.30. The number of hydrogen-bond donors (Lipinski definition) is 2. The molecule has 0 spiro atoms. The normalized spacial score (nSPS) is 13.0. The molecule has 0 aliphatic heterocycles. The Kier molecular flexibility index (Phi) is 5.49. The minimum atomic E-state index is -0.832. The lowest BCUT2D eigenvalue weighted by atomic mass is 10.0. The first-order chi connectivity index (χ1) is 11.0. The second-order valence-electron chi connectivity index (χ2n) is 5.21. The van der Waals surface area contributed by atoms with E-state index in [4.69, 9.17) is 4.74 Å². The summed E-state index contributed by atoms with van der Waals surface area (Å²) in [5.41, 5.74) is 0.961. The molecule has 0 heterocycles. The van der Waals surface area contributed by atoms with Crippen molar-refractivity contribution in [3.8, 4) is 5.75 Å². The SMILES string of the molecule is CC(=O)Oc1ccccc1C(=O)NC(C)C(O)c1ccccc1. The molecule has 2 aromatic rings. The number of esters is 1. The summed E-state index contributed by atoms with van der Waals surface area (Å²) in [6.45, 7) is 2.99. The number of ether oxygens (including phenoxy) is 1. The molecule has 0 aliphatic carbocycles. The minimum absolute atomic E-state index is 0.193. The molecule has 5 nitrogen and oxygen atoms in total. The second kappa shape index (κ2) is 7.56. The Morgan fingerprint density at radius 3 is 2.30 bits per heavy atom. The predicted octanol–water partition coefficient (Wildman–Crippen LogP) is 2.46. The van der Waals surface area contributed by atoms with Crippen molar-refractivity contribution in [2.45, 2.75) is 26.0 Å². The quantitative estimate of drug-likeness (QED) is 0.657. The van der Waals surface area contributed by atoms with E-state index in [1.54, 1.807) is 43.3 Å². The van der Waals surface area contributed by atoms with E-state index in [9.17, 15) is 14.7 Å². The van der Waals surface area contributed by atoms with Crippen LogP contribution in [0, 0.1) is 0 Å². The molecule has 5 heteroatoms. The van der Waals surface area contributed by atoms with Crippen molar-refractivity contribution in [3.63, 3.8) is 0 Å². The Balaban J connectivity index is 2.11. The zero-order chi connectivity index (χ0) is 16.8. The largest absolute Gasteiger partial charge is 0.426 e. The Bertz CT molecular complexity index is 684. The van der Waals surface area contributed by atoms with Crippen molar-refractivity contribution in [1.82, 2.24) is 5.32 Å². The van der Waals surface area contributed by atoms with Crippen LogP contribution >= 0.6 is 0 Å². The second-order valence-corrected chi connectivity index (χ2v) is 5.21. The number of rotatable bonds is 5. The maximum atomic E-state index is 12.4. The van der Waals surface area contributed by atoms with Crippen LogP contribution in [0.5, 0.6) is 5.75 Å². The standard InChI is InChI=1S/C18H19NO4/c1-12(17(21)14-8-4-3-5-9-14)19-18(22)15-10-6-7-11-16(15)23-13(2)20/h3-12,17,21H,1-2H3,(H,19,22). The van der Waals surface area contributed by atoms with Crippen LogP contribution in [0.1, 0.15) is 35.9 Å². The van der Waals surface area contributed by atoms with Crippen molar-refractivity contribution in [2.24, 2.45) is 0 Å². The van der Waals surface area contributed by atoms with Gasteiger partial charge >= 0.3 is 5.97 Å². The van der Waals surface area contributed by atoms with E-state index in [2.05, 4.69) is 5.32 Å². The van der Waals surface area contributed by atoms with Crippen LogP contribution in [0.25, 0.3) is 0 Å². The maximum Gasteiger partial charge on any atom is 0.308 e. The molecule has 120 valence electrons. The molecule has 0 bridgehead atoms. The van der Waals surface area contributed by atoms with Crippen molar-refractivity contribution in [3.05, 3.63) is 65.7 Å². The summed E-state index contributed by atoms with van der Waals surface area (Å²) in [5.74, 6) is -0.717. The molecule has 2 N–H and O–H groups in total. The lowest BCUT2D eigenvalue weighted by Crippen LogP contribution is -2.37. The number of hydrogen-bond acceptors (Lipinski definition) is 4. The number of carbonyl (C=O) groups is 2. The molecule has 0 radical (unpaired) electrons. The van der Waals surface area contributed by atoms with Crippen LogP contribution in [-0.4, -0.2) is 23.0 Å². The zero-order valence-electron chi connectivity index (χ0n) is 13.0. The summed E-state index contributed by atoms with van der Waals surface area (Å²) in [6.07, 6.45) is -0.832. The summed E-state index contributed by atoms with van der Waals surface area (Å²) >= 11 is 0. The van der Waals surface area contributed by atoms with Gasteiger partial charge in [-0.2, -0.15) is 0 Å². The molecular weight excluding hydrogens is 294 g/mol. The minimum Gasteiger partial charge on any atom is -0.426 e. The van der Waals surface area contributed by atoms with Gasteiger partial charge in [0.25, 0.3) is 5.91 Å². The first-order valence-corrected chi connectivity index (χ1v) is 7.30. The van der Waals surface area contributed by atoms with E-state index in [0.29, 0.717) is 5.56 Å². The summed E-state index contributed by atoms with van der Waals surface area (Å²) in [4.78, 5) is 23.5. The first kappa shape index (κ1) is 16.7. The number of para-hydroxylation sites is 1. The van der Waals surface area contributed by atoms with Gasteiger partial charge < -0.3 is 15.2 Å². The van der Waals surface area contributed by atoms with Crippen LogP contribution in [0.2, 0.25) is 0 Å². The van der Waals surface area contributed by atoms with Crippen molar-refractivity contribution in [2.75, 3.05) is 0 Å². The van der Waals surface area contributed by atoms with Gasteiger partial charge in [-0.3, -0.25) is 9.59 Å². The lowest BCUT2D eigenvalue weighted by Gasteiger charge is -2.21. The number of amides is 1. The zero-order valence-corrected chi connectivity index (χ0v) is 13.0. The summed E-state index contributed by atoms with van der Waals surface area (Å²) in [7, 11) is 0. The fourth-order valence-electron chi connectivity index (χ4n) is 2.20. The van der Waals surface area contributed by atoms with Gasteiger partial charge in [0.15, 0.2) is 0 Å². The summed E-state index contributed by atoms with van der Waals surface area (Å²) in [6, 6.07) is 15.1. The number of nitrogens with one attached hydrogen (secondary N) is 1. The Morgan fingerprint density at radius 1 is 1.04 bits per heavy atom. The maximum absolute atomic E-state index is 12.4. The average molecular weight is 313 g/mol. The molecule has 0 aliphatic rings. The Hall–Kier alpha value is -2.66. The van der Waals surface area contributed by atoms with Crippen molar-refractivity contribution < 1.29 is 19.4 Å². The van der Waals surface area contributed by atoms with Gasteiger partial charge in [-0.25, -0.2) is 0 Å². The van der Waals surface area contributed by atoms with Gasteiger partial charge in [-0.1, -0.05) is 42.5 Å². The molecule has 0 aromatic heterocycles. The highest BCUT2D eigenvalue weighted by molar-refractivity contribution is 5.97. The average Bonchev–Trinajstić information content (AvgIpc) is 2.54. The molecule has 2 atom stereocenters. The molecular formula is C18H19NO4. The Morgan fingerprint density at radius 2 is 1.65 bits per heavy atom. The highest BCUT2D eigenvalue weighted by atomic mass is 16.5. The molecule has 2 aromatic carbocycles. The van der Waals surface area contributed by atoms with E-state index < -0.39 is 24.0 Å². The van der Waals surface area contributed by atoms with Crippen LogP contribution in [-0.2, 0) is 4.79 Å². The predicted molar refractivity (Wildman–Crippen MR) is 86.1 cm³/mol. The van der Waals surface area contributed by atoms with Crippen molar-refractivity contribution in [1.29, 1.82) is 0 Å². The van der Waals surface area contributed by atoms with Gasteiger partial charge in [-0.05, 0) is 24.6 Å². The van der Waals surface area contributed by atoms with Gasteiger partial charge in [0.2, 0.25) is 0 Å². The molecule has 0 saturated carbocycles. The van der Waals surface area contributed by atoms with Gasteiger partial charge in [0, 0.05) is 6.92 Å². The van der Waals surface area contributed by atoms with E-state index in [0.717, 1.165) is 0 Å². The van der Waals surface area contributed by atoms with E-state index in [-0.39, 0.29) is 11.3 Å². The van der Waals surface area contributed by atoms with Crippen LogP contribution in [0.4, 0.5) is 0 Å². The highest BCUT2D eigenvalue weighted by Crippen LogP contribution is 2.20. The third-order valence-electron chi connectivity index (χ3n) is 3.36. The monoisotopic (exact) mass is 313 g/mol. The number of aliphatic hydroxyl groups is 1. The number of carbonyl (C=O) groups excluding carboxylic acids is 2. The molecule has 0 saturated heterocycles. The van der Waals surface area contributed by atoms with Crippen LogP contribution in [0.15, 0.2) is 54.6 Å². The van der Waals surface area contributed by atoms with E-state index in [1.165, 1.54) is 6.92 Å². The molecule has 2 unspecified atom stereocenters. The van der Waals surface area contributed by atoms with Crippen LogP contribution < -0.4 is 10.1 Å². The fourth-order valence-corrected chi connectivity index (χ4v) is 2.20. The van der Waals surface area contributed by atoms with Gasteiger partial charge in [0.1, 0.15) is 5.75 Å². The highest BCUT2D eigenvalue weighted by Gasteiger charge is 2.21. The smallest absolute Gasteiger partial charge is 0.308 e. The topological polar surface area (TPSA) is 75.6 Å². The van der Waals surface area contributed by atoms with E-state index in [1.807, 2.05) is 18.2 Å². The Labute approximate surface area is 134 Å². The van der Waals surface area contributed by atoms with Gasteiger partial charge in [0.05, 0.1) is 17.7 Å². The lowest BCUT2D eigenvalue weighted by molar-refractivity contribution is -0.131. The van der Waals surface area contributed by atoms with Crippen LogP contribution in [0.3, 0.4) is 0 Å². The third-order valence-corrected chi connectivity index (χ3v) is 3.36. The van der Waals surface area contributed by atoms with E-state index >= 15 is 0 Å². The molecule has 1 amide bonds. The number of aliphatic hydroxyl groups excluding tert-OH is 1. The molecule has 0 fully saturated rings. The summed E-state index contributed by atoms with van der Waals surface area (Å²) in [5, 5.41) is 13.0. The fraction of sp³-hybridized carbons (Fsp3) is 0.222. The van der Waals surface area contributed by atoms with Gasteiger partial charge in [-0.15, -0.1) is 0 Å². The number of benzene rings is 2. The van der Waals surface area contributed by atoms with Crippen molar-refractivity contribution >= 4 is 11.9 Å². The summed E-state index contributed by atoms with van der Waals surface area (Å²) < 4.78 is 5.03. The molecule has 23 heavy (non-hydrogen) atoms. The molecule has 2 rings (SSSR count).